The zero-order valence-electron chi connectivity index (χ0n) is 29.5. The highest BCUT2D eigenvalue weighted by atomic mass is 16.3. The average molecular weight is 727 g/mol. The fraction of sp³-hybridized carbons (Fsp3) is 0.457. The molecule has 284 valence electrons. The highest BCUT2D eigenvalue weighted by Crippen LogP contribution is 2.09. The Morgan fingerprint density at radius 1 is 0.635 bits per heavy atom. The van der Waals surface area contributed by atoms with E-state index in [1.165, 1.54) is 6.92 Å². The van der Waals surface area contributed by atoms with Crippen LogP contribution in [-0.2, 0) is 46.4 Å². The number of hydrogen-bond donors (Lipinski definition) is 10. The number of carbonyl (C=O) groups excluding carboxylic acids is 7. The van der Waals surface area contributed by atoms with Gasteiger partial charge in [0.15, 0.2) is 0 Å². The SMILES string of the molecule is CC(C)C[C@H](NC(=O)[C@H](Cc1ccccc1)NC(=O)CNC(=O)[C@H](NC(=O)[C@H](Cc1ccccc1)NC(=O)CN)[C@@H](C)O)C(=O)N[C@@H](CO)C(N)=O. The summed E-state index contributed by atoms with van der Waals surface area (Å²) in [5, 5.41) is 34.5. The molecule has 7 amide bonds. The van der Waals surface area contributed by atoms with Crippen LogP contribution in [0.3, 0.4) is 0 Å². The molecule has 0 radical (unpaired) electrons. The number of nitrogens with two attached hydrogens (primary N) is 2. The second kappa shape index (κ2) is 21.7. The quantitative estimate of drug-likeness (QED) is 0.0618. The molecule has 0 aliphatic rings. The van der Waals surface area contributed by atoms with Gasteiger partial charge < -0.3 is 53.6 Å². The summed E-state index contributed by atoms with van der Waals surface area (Å²) in [6, 6.07) is 11.0. The molecule has 0 heterocycles. The molecule has 6 atom stereocenters. The van der Waals surface area contributed by atoms with E-state index in [1.54, 1.807) is 74.5 Å². The summed E-state index contributed by atoms with van der Waals surface area (Å²) in [5.74, 6) is -5.71. The minimum absolute atomic E-state index is 0.00733. The Bertz CT molecular complexity index is 1510. The fourth-order valence-corrected chi connectivity index (χ4v) is 5.01. The average Bonchev–Trinajstić information content (AvgIpc) is 3.10. The zero-order valence-corrected chi connectivity index (χ0v) is 29.5. The van der Waals surface area contributed by atoms with Crippen molar-refractivity contribution in [1.29, 1.82) is 0 Å². The molecule has 0 fully saturated rings. The van der Waals surface area contributed by atoms with Gasteiger partial charge >= 0.3 is 0 Å². The van der Waals surface area contributed by atoms with Crippen molar-refractivity contribution in [3.63, 3.8) is 0 Å². The summed E-state index contributed by atoms with van der Waals surface area (Å²) >= 11 is 0. The fourth-order valence-electron chi connectivity index (χ4n) is 5.01. The summed E-state index contributed by atoms with van der Waals surface area (Å²) in [7, 11) is 0. The van der Waals surface area contributed by atoms with Crippen LogP contribution >= 0.6 is 0 Å². The summed E-state index contributed by atoms with van der Waals surface area (Å²) in [4.78, 5) is 89.7. The van der Waals surface area contributed by atoms with Gasteiger partial charge in [0.25, 0.3) is 0 Å². The Morgan fingerprint density at radius 3 is 1.54 bits per heavy atom. The van der Waals surface area contributed by atoms with Crippen LogP contribution in [0, 0.1) is 5.92 Å². The third-order valence-corrected chi connectivity index (χ3v) is 7.72. The Labute approximate surface area is 302 Å². The Hall–Kier alpha value is -5.39. The number of primary amides is 1. The third-order valence-electron chi connectivity index (χ3n) is 7.72. The molecular weight excluding hydrogens is 676 g/mol. The van der Waals surface area contributed by atoms with Crippen molar-refractivity contribution in [2.24, 2.45) is 17.4 Å². The van der Waals surface area contributed by atoms with Gasteiger partial charge in [-0.1, -0.05) is 74.5 Å². The van der Waals surface area contributed by atoms with E-state index in [9.17, 15) is 43.8 Å². The van der Waals surface area contributed by atoms with Gasteiger partial charge in [0.2, 0.25) is 41.4 Å². The maximum atomic E-state index is 13.6. The second-order valence-electron chi connectivity index (χ2n) is 12.6. The van der Waals surface area contributed by atoms with Crippen LogP contribution in [-0.4, -0.2) is 108 Å². The van der Waals surface area contributed by atoms with E-state index in [4.69, 9.17) is 11.5 Å². The lowest BCUT2D eigenvalue weighted by molar-refractivity contribution is -0.135. The van der Waals surface area contributed by atoms with Crippen molar-refractivity contribution in [2.45, 2.75) is 76.3 Å². The first-order chi connectivity index (χ1) is 24.6. The van der Waals surface area contributed by atoms with E-state index in [-0.39, 0.29) is 31.7 Å². The minimum Gasteiger partial charge on any atom is -0.394 e. The molecule has 0 spiro atoms. The molecule has 0 aliphatic carbocycles. The second-order valence-corrected chi connectivity index (χ2v) is 12.6. The van der Waals surface area contributed by atoms with E-state index in [2.05, 4.69) is 31.9 Å². The zero-order chi connectivity index (χ0) is 38.8. The maximum absolute atomic E-state index is 13.6. The van der Waals surface area contributed by atoms with Gasteiger partial charge in [0, 0.05) is 12.8 Å². The number of aliphatic hydroxyl groups excluding tert-OH is 2. The van der Waals surface area contributed by atoms with Crippen molar-refractivity contribution < 1.29 is 43.8 Å². The number of amides is 7. The number of benzene rings is 2. The van der Waals surface area contributed by atoms with Crippen LogP contribution < -0.4 is 43.4 Å². The highest BCUT2D eigenvalue weighted by Gasteiger charge is 2.32. The van der Waals surface area contributed by atoms with Crippen LogP contribution in [0.4, 0.5) is 0 Å². The first-order valence-electron chi connectivity index (χ1n) is 16.8. The van der Waals surface area contributed by atoms with E-state index in [1.807, 2.05) is 0 Å². The molecule has 2 aromatic carbocycles. The highest BCUT2D eigenvalue weighted by molar-refractivity contribution is 5.96. The van der Waals surface area contributed by atoms with Crippen molar-refractivity contribution in [1.82, 2.24) is 31.9 Å². The van der Waals surface area contributed by atoms with Gasteiger partial charge in [-0.3, -0.25) is 33.6 Å². The van der Waals surface area contributed by atoms with Gasteiger partial charge in [0.1, 0.15) is 30.2 Å². The Kier molecular flexibility index (Phi) is 17.9. The van der Waals surface area contributed by atoms with E-state index >= 15 is 0 Å². The maximum Gasteiger partial charge on any atom is 0.245 e. The summed E-state index contributed by atoms with van der Waals surface area (Å²) in [6.45, 7) is 3.06. The Morgan fingerprint density at radius 2 is 1.10 bits per heavy atom. The number of nitrogens with one attached hydrogen (secondary N) is 6. The molecule has 0 aliphatic heterocycles. The van der Waals surface area contributed by atoms with Crippen molar-refractivity contribution in [3.05, 3.63) is 71.8 Å². The number of rotatable bonds is 21. The molecule has 17 heteroatoms. The monoisotopic (exact) mass is 726 g/mol. The molecule has 0 aromatic heterocycles. The smallest absolute Gasteiger partial charge is 0.245 e. The molecule has 2 aromatic rings. The molecule has 52 heavy (non-hydrogen) atoms. The predicted octanol–water partition coefficient (Wildman–Crippen LogP) is -3.12. The molecular formula is C35H50N8O9. The minimum atomic E-state index is -1.53. The largest absolute Gasteiger partial charge is 0.394 e. The van der Waals surface area contributed by atoms with E-state index < -0.39 is 90.8 Å². The number of hydrogen-bond acceptors (Lipinski definition) is 10. The van der Waals surface area contributed by atoms with Gasteiger partial charge in [0.05, 0.1) is 25.8 Å². The number of carbonyl (C=O) groups is 7. The molecule has 2 rings (SSSR count). The number of aliphatic hydroxyl groups is 2. The standard InChI is InChI=1S/C35H50N8O9/c1-20(2)14-24(32(49)42-27(19-44)31(37)48)41-33(50)25(15-22-10-6-4-7-11-22)40-29(47)18-38-35(52)30(21(3)45)43-34(51)26(39-28(46)17-36)16-23-12-8-5-9-13-23/h4-13,20-21,24-27,30,44-45H,14-19,36H2,1-3H3,(H2,37,48)(H,38,52)(H,39,46)(H,40,47)(H,41,50)(H,42,49)(H,43,51)/t21-,24+,25+,26+,27+,30-/m1/s1. The summed E-state index contributed by atoms with van der Waals surface area (Å²) < 4.78 is 0. The lowest BCUT2D eigenvalue weighted by Gasteiger charge is -2.26. The molecule has 12 N–H and O–H groups in total. The lowest BCUT2D eigenvalue weighted by Crippen LogP contribution is -2.59. The van der Waals surface area contributed by atoms with Crippen LogP contribution in [0.2, 0.25) is 0 Å². The first kappa shape index (κ1) is 42.8. The normalized spacial score (nSPS) is 14.4. The van der Waals surface area contributed by atoms with Crippen molar-refractivity contribution in [3.8, 4) is 0 Å². The van der Waals surface area contributed by atoms with Crippen LogP contribution in [0.25, 0.3) is 0 Å². The van der Waals surface area contributed by atoms with Gasteiger partial charge in [-0.05, 0) is 30.4 Å². The summed E-state index contributed by atoms with van der Waals surface area (Å²) in [5.41, 5.74) is 12.0. The van der Waals surface area contributed by atoms with Crippen molar-refractivity contribution >= 4 is 41.4 Å². The first-order valence-corrected chi connectivity index (χ1v) is 16.8. The topological polar surface area (TPSA) is 284 Å². The van der Waals surface area contributed by atoms with Gasteiger partial charge in [-0.25, -0.2) is 0 Å². The molecule has 17 nitrogen and oxygen atoms in total. The summed E-state index contributed by atoms with van der Waals surface area (Å²) in [6.07, 6.45) is -1.22. The molecule has 0 bridgehead atoms. The third kappa shape index (κ3) is 14.8. The predicted molar refractivity (Wildman–Crippen MR) is 189 cm³/mol. The van der Waals surface area contributed by atoms with Gasteiger partial charge in [-0.15, -0.1) is 0 Å². The lowest BCUT2D eigenvalue weighted by atomic mass is 10.0. The van der Waals surface area contributed by atoms with Crippen LogP contribution in [0.1, 0.15) is 38.3 Å². The van der Waals surface area contributed by atoms with Crippen molar-refractivity contribution in [2.75, 3.05) is 19.7 Å². The van der Waals surface area contributed by atoms with E-state index in [0.717, 1.165) is 0 Å². The molecule has 0 unspecified atom stereocenters. The van der Waals surface area contributed by atoms with E-state index in [0.29, 0.717) is 11.1 Å². The Balaban J connectivity index is 2.17. The van der Waals surface area contributed by atoms with Crippen LogP contribution in [0.5, 0.6) is 0 Å². The van der Waals surface area contributed by atoms with Crippen LogP contribution in [0.15, 0.2) is 60.7 Å². The van der Waals surface area contributed by atoms with Gasteiger partial charge in [-0.2, -0.15) is 0 Å². The molecule has 0 saturated heterocycles. The molecule has 0 saturated carbocycles.